The predicted molar refractivity (Wildman–Crippen MR) is 80.0 cm³/mol. The molecule has 0 atom stereocenters. The summed E-state index contributed by atoms with van der Waals surface area (Å²) in [4.78, 5) is 26.2. The normalized spacial score (nSPS) is 10.9. The molecule has 0 saturated heterocycles. The highest BCUT2D eigenvalue weighted by atomic mass is 16.2. The Kier molecular flexibility index (Phi) is 5.06. The van der Waals surface area contributed by atoms with Crippen LogP contribution in [0.3, 0.4) is 0 Å². The Labute approximate surface area is 119 Å². The Hall–Kier alpha value is -2.12. The first-order valence-electron chi connectivity index (χ1n) is 6.37. The topological polar surface area (TPSA) is 95.1 Å². The number of amides is 1. The minimum Gasteiger partial charge on any atom is -0.359 e. The number of anilines is 3. The average molecular weight is 281 g/mol. The third-order valence-electron chi connectivity index (χ3n) is 2.78. The number of aromatic nitrogens is 3. The highest BCUT2D eigenvalue weighted by Crippen LogP contribution is 2.17. The zero-order valence-corrected chi connectivity index (χ0v) is 12.9. The van der Waals surface area contributed by atoms with Crippen molar-refractivity contribution in [3.05, 3.63) is 0 Å². The van der Waals surface area contributed by atoms with Gasteiger partial charge < -0.3 is 20.9 Å². The number of carbonyl (C=O) groups excluding carboxylic acids is 1. The predicted octanol–water partition coefficient (Wildman–Crippen LogP) is 0.163. The van der Waals surface area contributed by atoms with Crippen molar-refractivity contribution in [1.29, 1.82) is 0 Å². The van der Waals surface area contributed by atoms with E-state index in [4.69, 9.17) is 0 Å². The largest absolute Gasteiger partial charge is 0.359 e. The number of rotatable bonds is 6. The van der Waals surface area contributed by atoms with Gasteiger partial charge in [0, 0.05) is 34.7 Å². The van der Waals surface area contributed by atoms with Crippen molar-refractivity contribution in [3.63, 3.8) is 0 Å². The van der Waals surface area contributed by atoms with E-state index < -0.39 is 5.41 Å². The van der Waals surface area contributed by atoms with Crippen molar-refractivity contribution >= 4 is 23.8 Å². The summed E-state index contributed by atoms with van der Waals surface area (Å²) in [6.07, 6.45) is 0. The van der Waals surface area contributed by atoms with Crippen molar-refractivity contribution in [2.24, 2.45) is 5.41 Å². The molecule has 8 nitrogen and oxygen atoms in total. The van der Waals surface area contributed by atoms with E-state index in [0.29, 0.717) is 24.4 Å². The van der Waals surface area contributed by atoms with Gasteiger partial charge in [-0.3, -0.25) is 4.79 Å². The fourth-order valence-electron chi connectivity index (χ4n) is 1.47. The Morgan fingerprint density at radius 3 is 2.25 bits per heavy atom. The third kappa shape index (κ3) is 3.94. The van der Waals surface area contributed by atoms with Gasteiger partial charge in [0.2, 0.25) is 23.8 Å². The molecule has 0 aliphatic heterocycles. The molecule has 1 heterocycles. The summed E-state index contributed by atoms with van der Waals surface area (Å²) in [5, 5.41) is 8.61. The molecule has 0 bridgehead atoms. The van der Waals surface area contributed by atoms with Gasteiger partial charge in [0.05, 0.1) is 5.41 Å². The Bertz CT molecular complexity index is 473. The van der Waals surface area contributed by atoms with E-state index in [-0.39, 0.29) is 5.91 Å². The Morgan fingerprint density at radius 1 is 1.15 bits per heavy atom. The highest BCUT2D eigenvalue weighted by Gasteiger charge is 2.26. The van der Waals surface area contributed by atoms with Gasteiger partial charge in [-0.15, -0.1) is 0 Å². The van der Waals surface area contributed by atoms with E-state index in [9.17, 15) is 4.79 Å². The standard InChI is InChI=1S/C12H23N7O/c1-12(2,8(20)13-3)7-15-10-16-9(14-4)17-11(18-10)19(5)6/h7H2,1-6H3,(H,13,20)(H2,14,15,16,17,18). The minimum absolute atomic E-state index is 0.0410. The van der Waals surface area contributed by atoms with Crippen molar-refractivity contribution in [2.45, 2.75) is 13.8 Å². The quantitative estimate of drug-likeness (QED) is 0.684. The summed E-state index contributed by atoms with van der Waals surface area (Å²) in [7, 11) is 7.07. The van der Waals surface area contributed by atoms with Crippen molar-refractivity contribution in [1.82, 2.24) is 20.3 Å². The average Bonchev–Trinajstić information content (AvgIpc) is 2.43. The molecule has 0 fully saturated rings. The van der Waals surface area contributed by atoms with E-state index in [2.05, 4.69) is 30.9 Å². The van der Waals surface area contributed by atoms with Gasteiger partial charge in [-0.25, -0.2) is 0 Å². The fourth-order valence-corrected chi connectivity index (χ4v) is 1.47. The monoisotopic (exact) mass is 281 g/mol. The molecule has 8 heteroatoms. The van der Waals surface area contributed by atoms with Crippen LogP contribution in [0.15, 0.2) is 0 Å². The molecule has 1 aromatic rings. The number of nitrogens with zero attached hydrogens (tertiary/aromatic N) is 4. The molecule has 0 spiro atoms. The second-order valence-corrected chi connectivity index (χ2v) is 5.24. The zero-order valence-electron chi connectivity index (χ0n) is 12.9. The van der Waals surface area contributed by atoms with Crippen LogP contribution >= 0.6 is 0 Å². The molecule has 1 amide bonds. The second-order valence-electron chi connectivity index (χ2n) is 5.24. The molecule has 0 unspecified atom stereocenters. The van der Waals surface area contributed by atoms with Crippen LogP contribution in [0.25, 0.3) is 0 Å². The maximum absolute atomic E-state index is 11.7. The first-order valence-corrected chi connectivity index (χ1v) is 6.37. The summed E-state index contributed by atoms with van der Waals surface area (Å²) in [5.74, 6) is 1.42. The molecule has 0 aromatic carbocycles. The molecule has 0 radical (unpaired) electrons. The summed E-state index contributed by atoms with van der Waals surface area (Å²) in [6, 6.07) is 0. The van der Waals surface area contributed by atoms with Crippen molar-refractivity contribution in [3.8, 4) is 0 Å². The first kappa shape index (κ1) is 15.9. The van der Waals surface area contributed by atoms with Crippen LogP contribution in [0.1, 0.15) is 13.8 Å². The lowest BCUT2D eigenvalue weighted by atomic mass is 9.92. The number of hydrogen-bond acceptors (Lipinski definition) is 7. The number of carbonyl (C=O) groups is 1. The molecule has 0 saturated carbocycles. The SMILES string of the molecule is CNC(=O)C(C)(C)CNc1nc(NC)nc(N(C)C)n1. The molecular formula is C12H23N7O. The van der Waals surface area contributed by atoms with Gasteiger partial charge in [0.15, 0.2) is 0 Å². The van der Waals surface area contributed by atoms with Gasteiger partial charge >= 0.3 is 0 Å². The first-order chi connectivity index (χ1) is 9.30. The van der Waals surface area contributed by atoms with Crippen LogP contribution in [0.2, 0.25) is 0 Å². The summed E-state index contributed by atoms with van der Waals surface area (Å²) >= 11 is 0. The molecule has 1 rings (SSSR count). The molecule has 0 aliphatic rings. The zero-order chi connectivity index (χ0) is 15.3. The smallest absolute Gasteiger partial charge is 0.231 e. The lowest BCUT2D eigenvalue weighted by Crippen LogP contribution is -2.39. The lowest BCUT2D eigenvalue weighted by Gasteiger charge is -2.23. The molecule has 3 N–H and O–H groups in total. The third-order valence-corrected chi connectivity index (χ3v) is 2.78. The summed E-state index contributed by atoms with van der Waals surface area (Å²) < 4.78 is 0. The summed E-state index contributed by atoms with van der Waals surface area (Å²) in [5.41, 5.74) is -0.556. The minimum atomic E-state index is -0.556. The van der Waals surface area contributed by atoms with Gasteiger partial charge in [-0.1, -0.05) is 0 Å². The van der Waals surface area contributed by atoms with Gasteiger partial charge in [-0.05, 0) is 13.8 Å². The molecule has 112 valence electrons. The van der Waals surface area contributed by atoms with Crippen LogP contribution in [-0.2, 0) is 4.79 Å². The second kappa shape index (κ2) is 6.36. The molecule has 0 aliphatic carbocycles. The Morgan fingerprint density at radius 2 is 1.75 bits per heavy atom. The van der Waals surface area contributed by atoms with E-state index >= 15 is 0 Å². The van der Waals surface area contributed by atoms with Crippen LogP contribution < -0.4 is 20.9 Å². The maximum Gasteiger partial charge on any atom is 0.231 e. The van der Waals surface area contributed by atoms with Gasteiger partial charge in [0.25, 0.3) is 0 Å². The van der Waals surface area contributed by atoms with E-state index in [1.54, 1.807) is 19.0 Å². The number of nitrogens with one attached hydrogen (secondary N) is 3. The Balaban J connectivity index is 2.87. The van der Waals surface area contributed by atoms with Crippen molar-refractivity contribution in [2.75, 3.05) is 50.3 Å². The van der Waals surface area contributed by atoms with Crippen LogP contribution in [0.5, 0.6) is 0 Å². The fraction of sp³-hybridized carbons (Fsp3) is 0.667. The van der Waals surface area contributed by atoms with Crippen LogP contribution in [-0.4, -0.2) is 55.6 Å². The van der Waals surface area contributed by atoms with Crippen LogP contribution in [0, 0.1) is 5.41 Å². The van der Waals surface area contributed by atoms with E-state index in [0.717, 1.165) is 0 Å². The lowest BCUT2D eigenvalue weighted by molar-refractivity contribution is -0.128. The highest BCUT2D eigenvalue weighted by molar-refractivity contribution is 5.82. The van der Waals surface area contributed by atoms with Crippen LogP contribution in [0.4, 0.5) is 17.8 Å². The van der Waals surface area contributed by atoms with Gasteiger partial charge in [-0.2, -0.15) is 15.0 Å². The van der Waals surface area contributed by atoms with E-state index in [1.165, 1.54) is 0 Å². The van der Waals surface area contributed by atoms with Crippen molar-refractivity contribution < 1.29 is 4.79 Å². The molecule has 1 aromatic heterocycles. The molecular weight excluding hydrogens is 258 g/mol. The van der Waals surface area contributed by atoms with E-state index in [1.807, 2.05) is 27.9 Å². The number of hydrogen-bond donors (Lipinski definition) is 3. The maximum atomic E-state index is 11.7. The van der Waals surface area contributed by atoms with Gasteiger partial charge in [0.1, 0.15) is 0 Å². The summed E-state index contributed by atoms with van der Waals surface area (Å²) in [6.45, 7) is 4.13. The molecule has 20 heavy (non-hydrogen) atoms.